The van der Waals surface area contributed by atoms with Gasteiger partial charge in [0.15, 0.2) is 9.84 Å². The van der Waals surface area contributed by atoms with E-state index in [9.17, 15) is 8.42 Å². The molecule has 1 fully saturated rings. The summed E-state index contributed by atoms with van der Waals surface area (Å²) in [5, 5.41) is 5.54. The van der Waals surface area contributed by atoms with Gasteiger partial charge < -0.3 is 5.32 Å². The molecule has 0 unspecified atom stereocenters. The predicted molar refractivity (Wildman–Crippen MR) is 74.4 cm³/mol. The Morgan fingerprint density at radius 3 is 2.78 bits per heavy atom. The minimum Gasteiger partial charge on any atom is -0.314 e. The van der Waals surface area contributed by atoms with Gasteiger partial charge in [-0.1, -0.05) is 19.3 Å². The molecule has 0 amide bonds. The molecule has 1 saturated carbocycles. The van der Waals surface area contributed by atoms with Crippen molar-refractivity contribution in [2.45, 2.75) is 49.7 Å². The molecule has 6 heteroatoms. The van der Waals surface area contributed by atoms with Gasteiger partial charge in [0.2, 0.25) is 0 Å². The molecule has 1 aromatic heterocycles. The van der Waals surface area contributed by atoms with Crippen LogP contribution in [0, 0.1) is 0 Å². The topological polar surface area (TPSA) is 59.1 Å². The fourth-order valence-electron chi connectivity index (χ4n) is 2.39. The summed E-state index contributed by atoms with van der Waals surface area (Å²) in [6, 6.07) is 0. The summed E-state index contributed by atoms with van der Waals surface area (Å²) in [6.07, 6.45) is 4.93. The molecule has 1 N–H and O–H groups in total. The van der Waals surface area contributed by atoms with Gasteiger partial charge in [-0.15, -0.1) is 11.3 Å². The Labute approximate surface area is 113 Å². The molecule has 0 saturated heterocycles. The highest BCUT2D eigenvalue weighted by atomic mass is 32.2. The smallest absolute Gasteiger partial charge is 0.159 e. The summed E-state index contributed by atoms with van der Waals surface area (Å²) in [6.45, 7) is 0.694. The second-order valence-electron chi connectivity index (χ2n) is 4.83. The number of hydrogen-bond acceptors (Lipinski definition) is 5. The third kappa shape index (κ3) is 3.52. The first-order valence-corrected chi connectivity index (χ1v) is 9.01. The Kier molecular flexibility index (Phi) is 4.75. The fraction of sp³-hybridized carbons (Fsp3) is 0.750. The SMILES string of the molecule is CNCc1csc(CS(=O)(=O)C2CCCCC2)n1. The Hall–Kier alpha value is -0.460. The first-order valence-electron chi connectivity index (χ1n) is 6.41. The maximum absolute atomic E-state index is 12.3. The van der Waals surface area contributed by atoms with Crippen LogP contribution in [0.5, 0.6) is 0 Å². The molecule has 1 heterocycles. The fourth-order valence-corrected chi connectivity index (χ4v) is 5.43. The van der Waals surface area contributed by atoms with Gasteiger partial charge >= 0.3 is 0 Å². The van der Waals surface area contributed by atoms with Crippen LogP contribution in [0.3, 0.4) is 0 Å². The number of nitrogens with one attached hydrogen (secondary N) is 1. The number of sulfone groups is 1. The van der Waals surface area contributed by atoms with Crippen molar-refractivity contribution in [3.05, 3.63) is 16.1 Å². The molecule has 0 aliphatic heterocycles. The van der Waals surface area contributed by atoms with Gasteiger partial charge in [-0.3, -0.25) is 0 Å². The van der Waals surface area contributed by atoms with E-state index in [0.717, 1.165) is 36.4 Å². The molecule has 0 atom stereocenters. The van der Waals surface area contributed by atoms with Crippen molar-refractivity contribution >= 4 is 21.2 Å². The summed E-state index contributed by atoms with van der Waals surface area (Å²) in [7, 11) is -1.15. The number of hydrogen-bond donors (Lipinski definition) is 1. The van der Waals surface area contributed by atoms with Crippen molar-refractivity contribution in [3.8, 4) is 0 Å². The maximum atomic E-state index is 12.3. The van der Waals surface area contributed by atoms with E-state index in [1.807, 2.05) is 12.4 Å². The van der Waals surface area contributed by atoms with Crippen LogP contribution in [0.4, 0.5) is 0 Å². The van der Waals surface area contributed by atoms with E-state index in [4.69, 9.17) is 0 Å². The van der Waals surface area contributed by atoms with Crippen LogP contribution in [0.15, 0.2) is 5.38 Å². The molecule has 0 radical (unpaired) electrons. The molecule has 4 nitrogen and oxygen atoms in total. The van der Waals surface area contributed by atoms with E-state index < -0.39 is 9.84 Å². The van der Waals surface area contributed by atoms with E-state index in [1.165, 1.54) is 17.8 Å². The van der Waals surface area contributed by atoms with Crippen molar-refractivity contribution in [3.63, 3.8) is 0 Å². The Bertz CT molecular complexity index is 476. The molecule has 102 valence electrons. The molecule has 0 bridgehead atoms. The summed E-state index contributed by atoms with van der Waals surface area (Å²) < 4.78 is 24.5. The summed E-state index contributed by atoms with van der Waals surface area (Å²) >= 11 is 1.45. The standard InChI is InChI=1S/C12H20N2O2S2/c1-13-7-10-8-17-12(14-10)9-18(15,16)11-5-3-2-4-6-11/h8,11,13H,2-7,9H2,1H3. The van der Waals surface area contributed by atoms with E-state index >= 15 is 0 Å². The van der Waals surface area contributed by atoms with Crippen LogP contribution in [0.25, 0.3) is 0 Å². The molecule has 18 heavy (non-hydrogen) atoms. The molecule has 1 aliphatic rings. The number of rotatable bonds is 5. The minimum absolute atomic E-state index is 0.117. The van der Waals surface area contributed by atoms with E-state index in [2.05, 4.69) is 10.3 Å². The average molecular weight is 288 g/mol. The lowest BCUT2D eigenvalue weighted by molar-refractivity contribution is 0.483. The molecular formula is C12H20N2O2S2. The second-order valence-corrected chi connectivity index (χ2v) is 8.05. The lowest BCUT2D eigenvalue weighted by atomic mass is 10.0. The van der Waals surface area contributed by atoms with Gasteiger partial charge in [-0.05, 0) is 19.9 Å². The van der Waals surface area contributed by atoms with Gasteiger partial charge in [0, 0.05) is 11.9 Å². The zero-order valence-corrected chi connectivity index (χ0v) is 12.3. The van der Waals surface area contributed by atoms with Crippen molar-refractivity contribution in [2.24, 2.45) is 0 Å². The lowest BCUT2D eigenvalue weighted by Crippen LogP contribution is -2.25. The van der Waals surface area contributed by atoms with Crippen molar-refractivity contribution in [2.75, 3.05) is 7.05 Å². The third-order valence-electron chi connectivity index (χ3n) is 3.34. The highest BCUT2D eigenvalue weighted by Gasteiger charge is 2.28. The predicted octanol–water partition coefficient (Wildman–Crippen LogP) is 2.11. The summed E-state index contributed by atoms with van der Waals surface area (Å²) in [5.41, 5.74) is 0.927. The quantitative estimate of drug-likeness (QED) is 0.901. The van der Waals surface area contributed by atoms with Crippen LogP contribution >= 0.6 is 11.3 Å². The minimum atomic E-state index is -3.01. The van der Waals surface area contributed by atoms with Gasteiger partial charge in [0.25, 0.3) is 0 Å². The molecule has 1 aliphatic carbocycles. The first-order chi connectivity index (χ1) is 8.62. The van der Waals surface area contributed by atoms with E-state index in [0.29, 0.717) is 6.54 Å². The Balaban J connectivity index is 2.01. The van der Waals surface area contributed by atoms with Crippen molar-refractivity contribution < 1.29 is 8.42 Å². The highest BCUT2D eigenvalue weighted by molar-refractivity contribution is 7.91. The largest absolute Gasteiger partial charge is 0.314 e. The number of aromatic nitrogens is 1. The number of thiazole rings is 1. The average Bonchev–Trinajstić information content (AvgIpc) is 2.77. The zero-order valence-electron chi connectivity index (χ0n) is 10.7. The Morgan fingerprint density at radius 2 is 2.11 bits per heavy atom. The maximum Gasteiger partial charge on any atom is 0.159 e. The molecular weight excluding hydrogens is 268 g/mol. The van der Waals surface area contributed by atoms with Crippen LogP contribution in [0.1, 0.15) is 42.8 Å². The van der Waals surface area contributed by atoms with Crippen molar-refractivity contribution in [1.29, 1.82) is 0 Å². The van der Waals surface area contributed by atoms with E-state index in [1.54, 1.807) is 0 Å². The molecule has 2 rings (SSSR count). The van der Waals surface area contributed by atoms with Gasteiger partial charge in [-0.25, -0.2) is 13.4 Å². The lowest BCUT2D eigenvalue weighted by Gasteiger charge is -2.21. The van der Waals surface area contributed by atoms with Crippen LogP contribution in [-0.2, 0) is 22.1 Å². The normalized spacial score (nSPS) is 18.1. The zero-order chi connectivity index (χ0) is 13.0. The summed E-state index contributed by atoms with van der Waals surface area (Å²) in [4.78, 5) is 4.36. The third-order valence-corrected chi connectivity index (χ3v) is 6.59. The van der Waals surface area contributed by atoms with Crippen LogP contribution in [-0.4, -0.2) is 25.7 Å². The monoisotopic (exact) mass is 288 g/mol. The molecule has 0 spiro atoms. The second kappa shape index (κ2) is 6.12. The highest BCUT2D eigenvalue weighted by Crippen LogP contribution is 2.26. The van der Waals surface area contributed by atoms with Crippen LogP contribution in [0.2, 0.25) is 0 Å². The van der Waals surface area contributed by atoms with E-state index in [-0.39, 0.29) is 11.0 Å². The summed E-state index contributed by atoms with van der Waals surface area (Å²) in [5.74, 6) is 0.117. The van der Waals surface area contributed by atoms with Gasteiger partial charge in [0.05, 0.1) is 10.9 Å². The number of nitrogens with zero attached hydrogens (tertiary/aromatic N) is 1. The molecule has 1 aromatic rings. The van der Waals surface area contributed by atoms with Crippen molar-refractivity contribution in [1.82, 2.24) is 10.3 Å². The first kappa shape index (κ1) is 14.0. The molecule has 0 aromatic carbocycles. The Morgan fingerprint density at radius 1 is 1.39 bits per heavy atom. The van der Waals surface area contributed by atoms with Gasteiger partial charge in [0.1, 0.15) is 10.8 Å². The van der Waals surface area contributed by atoms with Crippen LogP contribution < -0.4 is 5.32 Å². The van der Waals surface area contributed by atoms with Gasteiger partial charge in [-0.2, -0.15) is 0 Å².